The topological polar surface area (TPSA) is 68.0 Å². The molecule has 1 amide bonds. The molecule has 0 saturated carbocycles. The summed E-state index contributed by atoms with van der Waals surface area (Å²) in [6, 6.07) is 20.1. The van der Waals surface area contributed by atoms with Crippen molar-refractivity contribution >= 4 is 22.7 Å². The lowest BCUT2D eigenvalue weighted by molar-refractivity contribution is -0.115. The molecule has 0 aliphatic heterocycles. The molecule has 5 heteroatoms. The average molecular weight is 357 g/mol. The average Bonchev–Trinajstić information content (AvgIpc) is 3.10. The molecule has 0 aliphatic rings. The molecule has 0 bridgehead atoms. The number of aromatic nitrogens is 2. The van der Waals surface area contributed by atoms with Crippen LogP contribution in [0, 0.1) is 13.8 Å². The first kappa shape index (κ1) is 17.0. The molecule has 1 aromatic heterocycles. The molecule has 0 unspecified atom stereocenters. The molecule has 0 spiro atoms. The lowest BCUT2D eigenvalue weighted by Gasteiger charge is -2.05. The van der Waals surface area contributed by atoms with Gasteiger partial charge in [-0.25, -0.2) is 0 Å². The van der Waals surface area contributed by atoms with Gasteiger partial charge in [0.2, 0.25) is 11.8 Å². The number of carbonyl (C=O) groups is 1. The minimum absolute atomic E-state index is 0.106. The Morgan fingerprint density at radius 1 is 0.963 bits per heavy atom. The first-order chi connectivity index (χ1) is 13.1. The standard InChI is InChI=1S/C22H19N3O2/c1-14-10-15(2)12-18(11-14)21-24-25-22(27-21)23-20(26)13-17-8-5-7-16-6-3-4-9-19(16)17/h3-12H,13H2,1-2H3,(H,23,25,26). The summed E-state index contributed by atoms with van der Waals surface area (Å²) in [6.45, 7) is 4.03. The van der Waals surface area contributed by atoms with Crippen molar-refractivity contribution in [2.45, 2.75) is 20.3 Å². The van der Waals surface area contributed by atoms with E-state index in [1.165, 1.54) is 0 Å². The van der Waals surface area contributed by atoms with E-state index in [2.05, 4.69) is 21.6 Å². The molecule has 5 nitrogen and oxygen atoms in total. The van der Waals surface area contributed by atoms with Crippen molar-refractivity contribution in [3.63, 3.8) is 0 Å². The van der Waals surface area contributed by atoms with Crippen LogP contribution in [0.15, 0.2) is 65.1 Å². The highest BCUT2D eigenvalue weighted by molar-refractivity contribution is 5.95. The van der Waals surface area contributed by atoms with Crippen molar-refractivity contribution in [2.24, 2.45) is 0 Å². The van der Waals surface area contributed by atoms with Crippen LogP contribution in [0.5, 0.6) is 0 Å². The summed E-state index contributed by atoms with van der Waals surface area (Å²) in [4.78, 5) is 12.4. The molecule has 4 rings (SSSR count). The van der Waals surface area contributed by atoms with Gasteiger partial charge in [-0.2, -0.15) is 0 Å². The van der Waals surface area contributed by atoms with Crippen LogP contribution in [0.3, 0.4) is 0 Å². The van der Waals surface area contributed by atoms with E-state index in [0.29, 0.717) is 5.89 Å². The van der Waals surface area contributed by atoms with Gasteiger partial charge in [0.1, 0.15) is 0 Å². The van der Waals surface area contributed by atoms with Crippen LogP contribution < -0.4 is 5.32 Å². The zero-order valence-corrected chi connectivity index (χ0v) is 15.2. The Morgan fingerprint density at radius 2 is 1.70 bits per heavy atom. The zero-order chi connectivity index (χ0) is 18.8. The fraction of sp³-hybridized carbons (Fsp3) is 0.136. The predicted octanol–water partition coefficient (Wildman–Crippen LogP) is 4.69. The maximum Gasteiger partial charge on any atom is 0.322 e. The number of fused-ring (bicyclic) bond motifs is 1. The van der Waals surface area contributed by atoms with Gasteiger partial charge in [-0.15, -0.1) is 5.10 Å². The van der Waals surface area contributed by atoms with Gasteiger partial charge >= 0.3 is 6.01 Å². The van der Waals surface area contributed by atoms with E-state index in [1.807, 2.05) is 68.4 Å². The second kappa shape index (κ2) is 7.03. The molecule has 3 aromatic carbocycles. The first-order valence-corrected chi connectivity index (χ1v) is 8.77. The number of amides is 1. The highest BCUT2D eigenvalue weighted by Crippen LogP contribution is 2.23. The van der Waals surface area contributed by atoms with E-state index in [-0.39, 0.29) is 18.3 Å². The van der Waals surface area contributed by atoms with Crippen LogP contribution in [0.1, 0.15) is 16.7 Å². The summed E-state index contributed by atoms with van der Waals surface area (Å²) >= 11 is 0. The first-order valence-electron chi connectivity index (χ1n) is 8.77. The summed E-state index contributed by atoms with van der Waals surface area (Å²) in [7, 11) is 0. The van der Waals surface area contributed by atoms with Gasteiger partial charge in [-0.1, -0.05) is 64.8 Å². The number of anilines is 1. The maximum atomic E-state index is 12.4. The van der Waals surface area contributed by atoms with Crippen LogP contribution in [-0.2, 0) is 11.2 Å². The van der Waals surface area contributed by atoms with Crippen molar-refractivity contribution in [1.29, 1.82) is 0 Å². The summed E-state index contributed by atoms with van der Waals surface area (Å²) in [5.74, 6) is 0.198. The van der Waals surface area contributed by atoms with Crippen LogP contribution in [0.4, 0.5) is 6.01 Å². The van der Waals surface area contributed by atoms with Gasteiger partial charge in [0, 0.05) is 5.56 Å². The Kier molecular flexibility index (Phi) is 4.42. The third-order valence-electron chi connectivity index (χ3n) is 4.37. The van der Waals surface area contributed by atoms with E-state index < -0.39 is 0 Å². The van der Waals surface area contributed by atoms with E-state index in [9.17, 15) is 4.79 Å². The molecule has 27 heavy (non-hydrogen) atoms. The van der Waals surface area contributed by atoms with E-state index in [0.717, 1.165) is 33.0 Å². The summed E-state index contributed by atoms with van der Waals surface area (Å²) in [5, 5.41) is 12.9. The largest absolute Gasteiger partial charge is 0.403 e. The summed E-state index contributed by atoms with van der Waals surface area (Å²) in [5.41, 5.74) is 4.03. The van der Waals surface area contributed by atoms with Gasteiger partial charge in [-0.3, -0.25) is 10.1 Å². The Bertz CT molecular complexity index is 1110. The van der Waals surface area contributed by atoms with E-state index in [1.54, 1.807) is 0 Å². The van der Waals surface area contributed by atoms with Crippen LogP contribution >= 0.6 is 0 Å². The van der Waals surface area contributed by atoms with Gasteiger partial charge in [-0.05, 0) is 42.3 Å². The molecule has 1 N–H and O–H groups in total. The third-order valence-corrected chi connectivity index (χ3v) is 4.37. The molecule has 0 fully saturated rings. The quantitative estimate of drug-likeness (QED) is 0.575. The number of aryl methyl sites for hydroxylation is 2. The number of benzene rings is 3. The predicted molar refractivity (Wildman–Crippen MR) is 105 cm³/mol. The van der Waals surface area contributed by atoms with Crippen molar-refractivity contribution in [1.82, 2.24) is 10.2 Å². The number of nitrogens with zero attached hydrogens (tertiary/aromatic N) is 2. The molecular formula is C22H19N3O2. The SMILES string of the molecule is Cc1cc(C)cc(-c2nnc(NC(=O)Cc3cccc4ccccc34)o2)c1. The monoisotopic (exact) mass is 357 g/mol. The molecule has 0 radical (unpaired) electrons. The highest BCUT2D eigenvalue weighted by Gasteiger charge is 2.13. The Labute approximate surface area is 157 Å². The second-order valence-corrected chi connectivity index (χ2v) is 6.65. The third kappa shape index (κ3) is 3.72. The Morgan fingerprint density at radius 3 is 2.52 bits per heavy atom. The Hall–Kier alpha value is -3.47. The summed E-state index contributed by atoms with van der Waals surface area (Å²) < 4.78 is 5.62. The molecule has 1 heterocycles. The van der Waals surface area contributed by atoms with Crippen molar-refractivity contribution in [3.05, 3.63) is 77.4 Å². The molecule has 0 aliphatic carbocycles. The van der Waals surface area contributed by atoms with E-state index in [4.69, 9.17) is 4.42 Å². The minimum Gasteiger partial charge on any atom is -0.403 e. The van der Waals surface area contributed by atoms with Crippen LogP contribution in [0.2, 0.25) is 0 Å². The molecule has 0 atom stereocenters. The van der Waals surface area contributed by atoms with Crippen molar-refractivity contribution < 1.29 is 9.21 Å². The smallest absolute Gasteiger partial charge is 0.322 e. The molecular weight excluding hydrogens is 338 g/mol. The highest BCUT2D eigenvalue weighted by atomic mass is 16.4. The molecule has 134 valence electrons. The number of hydrogen-bond donors (Lipinski definition) is 1. The zero-order valence-electron chi connectivity index (χ0n) is 15.2. The van der Waals surface area contributed by atoms with Crippen molar-refractivity contribution in [2.75, 3.05) is 5.32 Å². The fourth-order valence-electron chi connectivity index (χ4n) is 3.27. The van der Waals surface area contributed by atoms with E-state index >= 15 is 0 Å². The van der Waals surface area contributed by atoms with Gasteiger partial charge < -0.3 is 4.42 Å². The van der Waals surface area contributed by atoms with Gasteiger partial charge in [0.05, 0.1) is 6.42 Å². The lowest BCUT2D eigenvalue weighted by atomic mass is 10.0. The number of nitrogens with one attached hydrogen (secondary N) is 1. The molecule has 0 saturated heterocycles. The van der Waals surface area contributed by atoms with Crippen LogP contribution in [-0.4, -0.2) is 16.1 Å². The number of rotatable bonds is 4. The minimum atomic E-state index is -0.193. The fourth-order valence-corrected chi connectivity index (χ4v) is 3.27. The summed E-state index contributed by atoms with van der Waals surface area (Å²) in [6.07, 6.45) is 0.239. The second-order valence-electron chi connectivity index (χ2n) is 6.65. The molecule has 4 aromatic rings. The van der Waals surface area contributed by atoms with Gasteiger partial charge in [0.25, 0.3) is 0 Å². The number of hydrogen-bond acceptors (Lipinski definition) is 4. The Balaban J connectivity index is 1.51. The van der Waals surface area contributed by atoms with Crippen LogP contribution in [0.25, 0.3) is 22.2 Å². The lowest BCUT2D eigenvalue weighted by Crippen LogP contribution is -2.14. The normalized spacial score (nSPS) is 10.9. The van der Waals surface area contributed by atoms with Gasteiger partial charge in [0.15, 0.2) is 0 Å². The van der Waals surface area contributed by atoms with Crippen molar-refractivity contribution in [3.8, 4) is 11.5 Å². The number of carbonyl (C=O) groups excluding carboxylic acids is 1. The maximum absolute atomic E-state index is 12.4.